The SMILES string of the molecule is O=C(O)CCCC(=O)Nc1c(I)c(C(=O)NCC(O)CO)c(I)c(C(=O)NCC(O)CO)c1I. The number of carbonyl (C=O) groups excluding carboxylic acids is 3. The number of benzene rings is 1. The van der Waals surface area contributed by atoms with Crippen molar-refractivity contribution < 1.29 is 44.7 Å². The first kappa shape index (κ1) is 31.2. The number of halogens is 3. The quantitative estimate of drug-likeness (QED) is 0.125. The summed E-state index contributed by atoms with van der Waals surface area (Å²) in [6.45, 7) is -1.65. The number of hydrogen-bond donors (Lipinski definition) is 8. The van der Waals surface area contributed by atoms with E-state index in [0.29, 0.717) is 7.14 Å². The minimum Gasteiger partial charge on any atom is -0.481 e. The Morgan fingerprint density at radius 2 is 1.21 bits per heavy atom. The predicted molar refractivity (Wildman–Crippen MR) is 146 cm³/mol. The van der Waals surface area contributed by atoms with Crippen LogP contribution in [0.2, 0.25) is 0 Å². The van der Waals surface area contributed by atoms with Gasteiger partial charge in [-0.1, -0.05) is 0 Å². The molecule has 190 valence electrons. The summed E-state index contributed by atoms with van der Waals surface area (Å²) < 4.78 is 0.851. The Kier molecular flexibility index (Phi) is 14.0. The summed E-state index contributed by atoms with van der Waals surface area (Å²) in [6, 6.07) is 0. The number of hydrogen-bond acceptors (Lipinski definition) is 8. The fourth-order valence-corrected chi connectivity index (χ4v) is 6.92. The first-order valence-electron chi connectivity index (χ1n) is 9.80. The van der Waals surface area contributed by atoms with Gasteiger partial charge in [0.1, 0.15) is 0 Å². The number of anilines is 1. The minimum atomic E-state index is -1.20. The summed E-state index contributed by atoms with van der Waals surface area (Å²) in [5, 5.41) is 53.3. The number of carboxylic acid groups (broad SMARTS) is 1. The summed E-state index contributed by atoms with van der Waals surface area (Å²) >= 11 is 5.48. The minimum absolute atomic E-state index is 0.0421. The van der Waals surface area contributed by atoms with Crippen LogP contribution in [0.25, 0.3) is 0 Å². The molecule has 12 nitrogen and oxygen atoms in total. The van der Waals surface area contributed by atoms with Crippen LogP contribution in [0, 0.1) is 10.7 Å². The van der Waals surface area contributed by atoms with E-state index in [1.54, 1.807) is 22.6 Å². The van der Waals surface area contributed by atoms with E-state index in [-0.39, 0.29) is 52.7 Å². The van der Waals surface area contributed by atoms with E-state index in [0.717, 1.165) is 0 Å². The second kappa shape index (κ2) is 15.3. The average Bonchev–Trinajstić information content (AvgIpc) is 2.78. The van der Waals surface area contributed by atoms with Crippen LogP contribution in [0.4, 0.5) is 5.69 Å². The number of aliphatic hydroxyl groups is 4. The molecule has 0 bridgehead atoms. The summed E-state index contributed by atoms with van der Waals surface area (Å²) in [5.41, 5.74) is 0.253. The summed E-state index contributed by atoms with van der Waals surface area (Å²) in [6.07, 6.45) is -2.59. The fraction of sp³-hybridized carbons (Fsp3) is 0.474. The third kappa shape index (κ3) is 9.30. The van der Waals surface area contributed by atoms with Crippen LogP contribution in [-0.4, -0.2) is 87.7 Å². The molecule has 1 aromatic carbocycles. The Morgan fingerprint density at radius 3 is 1.59 bits per heavy atom. The van der Waals surface area contributed by atoms with E-state index < -0.39 is 49.1 Å². The van der Waals surface area contributed by atoms with Crippen molar-refractivity contribution in [2.75, 3.05) is 31.6 Å². The molecular weight excluding hydrogens is 795 g/mol. The second-order valence-corrected chi connectivity index (χ2v) is 10.2. The standard InChI is InChI=1S/C19H24I3N3O9/c20-14-12(18(33)23-4-8(28)6-26)15(21)17(25-10(30)2-1-3-11(31)32)16(22)13(14)19(34)24-5-9(29)7-27/h8-9,26-29H,1-7H2,(H,23,33)(H,24,34)(H,25,30)(H,31,32). The monoisotopic (exact) mass is 819 g/mol. The number of rotatable bonds is 13. The predicted octanol–water partition coefficient (Wildman–Crippen LogP) is -0.140. The van der Waals surface area contributed by atoms with Crippen molar-refractivity contribution >= 4 is 97.2 Å². The summed E-state index contributed by atoms with van der Waals surface area (Å²) in [7, 11) is 0. The lowest BCUT2D eigenvalue weighted by Gasteiger charge is -2.20. The lowest BCUT2D eigenvalue weighted by molar-refractivity contribution is -0.137. The summed E-state index contributed by atoms with van der Waals surface area (Å²) in [4.78, 5) is 48.9. The molecular formula is C19H24I3N3O9. The zero-order valence-electron chi connectivity index (χ0n) is 17.6. The van der Waals surface area contributed by atoms with Gasteiger partial charge in [-0.25, -0.2) is 0 Å². The van der Waals surface area contributed by atoms with E-state index in [9.17, 15) is 29.4 Å². The van der Waals surface area contributed by atoms with Gasteiger partial charge in [0.2, 0.25) is 5.91 Å². The largest absolute Gasteiger partial charge is 0.481 e. The number of carbonyl (C=O) groups is 4. The Hall–Kier alpha value is -0.870. The van der Waals surface area contributed by atoms with Gasteiger partial charge in [-0.05, 0) is 74.2 Å². The molecule has 3 amide bonds. The van der Waals surface area contributed by atoms with Gasteiger partial charge in [0, 0.05) is 29.5 Å². The molecule has 0 radical (unpaired) electrons. The molecule has 0 saturated heterocycles. The fourth-order valence-electron chi connectivity index (χ4n) is 2.50. The molecule has 0 heterocycles. The molecule has 0 aromatic heterocycles. The van der Waals surface area contributed by atoms with Gasteiger partial charge in [-0.3, -0.25) is 19.2 Å². The van der Waals surface area contributed by atoms with Crippen LogP contribution in [-0.2, 0) is 9.59 Å². The number of carboxylic acids is 1. The molecule has 0 spiro atoms. The smallest absolute Gasteiger partial charge is 0.303 e. The van der Waals surface area contributed by atoms with E-state index >= 15 is 0 Å². The van der Waals surface area contributed by atoms with E-state index in [1.807, 2.05) is 45.2 Å². The first-order chi connectivity index (χ1) is 15.9. The number of aliphatic carboxylic acids is 1. The van der Waals surface area contributed by atoms with Gasteiger partial charge in [0.25, 0.3) is 11.8 Å². The van der Waals surface area contributed by atoms with Crippen molar-refractivity contribution in [3.8, 4) is 0 Å². The third-order valence-corrected chi connectivity index (χ3v) is 7.48. The van der Waals surface area contributed by atoms with Crippen molar-refractivity contribution in [1.29, 1.82) is 0 Å². The zero-order chi connectivity index (χ0) is 26.0. The van der Waals surface area contributed by atoms with Crippen LogP contribution in [0.15, 0.2) is 0 Å². The molecule has 0 saturated carbocycles. The Bertz CT molecular complexity index is 877. The Balaban J connectivity index is 3.41. The lowest BCUT2D eigenvalue weighted by Crippen LogP contribution is -2.37. The molecule has 0 aliphatic rings. The van der Waals surface area contributed by atoms with Crippen molar-refractivity contribution in [2.45, 2.75) is 31.5 Å². The molecule has 8 N–H and O–H groups in total. The highest BCUT2D eigenvalue weighted by Crippen LogP contribution is 2.36. The highest BCUT2D eigenvalue weighted by Gasteiger charge is 2.29. The van der Waals surface area contributed by atoms with Crippen LogP contribution in [0.5, 0.6) is 0 Å². The maximum absolute atomic E-state index is 12.9. The highest BCUT2D eigenvalue weighted by atomic mass is 127. The van der Waals surface area contributed by atoms with Gasteiger partial charge in [-0.15, -0.1) is 0 Å². The van der Waals surface area contributed by atoms with Crippen molar-refractivity contribution in [3.63, 3.8) is 0 Å². The first-order valence-corrected chi connectivity index (χ1v) is 13.0. The molecule has 0 aliphatic heterocycles. The Labute approximate surface area is 235 Å². The molecule has 15 heteroatoms. The average molecular weight is 819 g/mol. The van der Waals surface area contributed by atoms with Crippen LogP contribution in [0.1, 0.15) is 40.0 Å². The lowest BCUT2D eigenvalue weighted by atomic mass is 10.1. The topological polar surface area (TPSA) is 206 Å². The maximum atomic E-state index is 12.9. The third-order valence-electron chi connectivity index (χ3n) is 4.25. The molecule has 2 atom stereocenters. The maximum Gasteiger partial charge on any atom is 0.303 e. The molecule has 34 heavy (non-hydrogen) atoms. The zero-order valence-corrected chi connectivity index (χ0v) is 24.1. The van der Waals surface area contributed by atoms with Crippen LogP contribution >= 0.6 is 67.8 Å². The van der Waals surface area contributed by atoms with Gasteiger partial charge in [-0.2, -0.15) is 0 Å². The normalized spacial score (nSPS) is 12.6. The van der Waals surface area contributed by atoms with Crippen molar-refractivity contribution in [2.24, 2.45) is 0 Å². The molecule has 1 rings (SSSR count). The van der Waals surface area contributed by atoms with Crippen molar-refractivity contribution in [1.82, 2.24) is 10.6 Å². The second-order valence-electron chi connectivity index (χ2n) is 6.96. The van der Waals surface area contributed by atoms with E-state index in [2.05, 4.69) is 16.0 Å². The summed E-state index contributed by atoms with van der Waals surface area (Å²) in [5.74, 6) is -2.88. The highest BCUT2D eigenvalue weighted by molar-refractivity contribution is 14.1. The van der Waals surface area contributed by atoms with Gasteiger partial charge in [0.05, 0.1) is 49.4 Å². The molecule has 0 aliphatic carbocycles. The van der Waals surface area contributed by atoms with Crippen molar-refractivity contribution in [3.05, 3.63) is 21.8 Å². The van der Waals surface area contributed by atoms with Gasteiger partial charge in [0.15, 0.2) is 0 Å². The van der Waals surface area contributed by atoms with Gasteiger partial charge >= 0.3 is 5.97 Å². The van der Waals surface area contributed by atoms with E-state index in [1.165, 1.54) is 0 Å². The number of amides is 3. The van der Waals surface area contributed by atoms with Crippen LogP contribution in [0.3, 0.4) is 0 Å². The molecule has 2 unspecified atom stereocenters. The molecule has 1 aromatic rings. The number of nitrogens with one attached hydrogen (secondary N) is 3. The van der Waals surface area contributed by atoms with Gasteiger partial charge < -0.3 is 41.5 Å². The van der Waals surface area contributed by atoms with E-state index in [4.69, 9.17) is 15.3 Å². The molecule has 0 fully saturated rings. The van der Waals surface area contributed by atoms with Crippen LogP contribution < -0.4 is 16.0 Å². The Morgan fingerprint density at radius 1 is 0.765 bits per heavy atom. The number of aliphatic hydroxyl groups excluding tert-OH is 4.